The Morgan fingerprint density at radius 3 is 2.26 bits per heavy atom. The van der Waals surface area contributed by atoms with Gasteiger partial charge >= 0.3 is 0 Å². The number of fused-ring (bicyclic) bond motifs is 1. The number of ether oxygens (including phenoxy) is 1. The van der Waals surface area contributed by atoms with Gasteiger partial charge in [0.2, 0.25) is 5.91 Å². The van der Waals surface area contributed by atoms with Crippen molar-refractivity contribution in [3.05, 3.63) is 123 Å². The van der Waals surface area contributed by atoms with E-state index >= 15 is 0 Å². The van der Waals surface area contributed by atoms with E-state index in [1.54, 1.807) is 7.11 Å². The molecule has 1 aliphatic rings. The number of nitrogen functional groups attached to an aromatic ring is 1. The zero-order valence-corrected chi connectivity index (χ0v) is 20.7. The van der Waals surface area contributed by atoms with Crippen molar-refractivity contribution in [3.63, 3.8) is 0 Å². The molecule has 4 aromatic carbocycles. The minimum absolute atomic E-state index is 0.0869. The van der Waals surface area contributed by atoms with Crippen LogP contribution in [0, 0.1) is 13.8 Å². The van der Waals surface area contributed by atoms with E-state index in [0.29, 0.717) is 12.1 Å². The SMILES string of the molecule is COc1c(C)cc(C2(c3ccc(N)cc3)C(=O)Nc3cc(Cc4ccccc4Cl)ccc32)cc1C. The maximum Gasteiger partial charge on any atom is 0.244 e. The van der Waals surface area contributed by atoms with Gasteiger partial charge in [-0.25, -0.2) is 0 Å². The van der Waals surface area contributed by atoms with Crippen molar-refractivity contribution < 1.29 is 9.53 Å². The van der Waals surface area contributed by atoms with E-state index < -0.39 is 5.41 Å². The normalized spacial score (nSPS) is 16.6. The molecular weight excluding hydrogens is 456 g/mol. The van der Waals surface area contributed by atoms with Crippen LogP contribution in [0.25, 0.3) is 0 Å². The number of amides is 1. The Morgan fingerprint density at radius 2 is 1.60 bits per heavy atom. The molecule has 1 unspecified atom stereocenters. The lowest BCUT2D eigenvalue weighted by Crippen LogP contribution is -2.37. The average molecular weight is 483 g/mol. The zero-order chi connectivity index (χ0) is 24.7. The van der Waals surface area contributed by atoms with E-state index in [9.17, 15) is 4.79 Å². The summed E-state index contributed by atoms with van der Waals surface area (Å²) in [6.07, 6.45) is 0.679. The highest BCUT2D eigenvalue weighted by molar-refractivity contribution is 6.31. The van der Waals surface area contributed by atoms with Crippen molar-refractivity contribution in [2.75, 3.05) is 18.2 Å². The molecule has 0 aliphatic carbocycles. The van der Waals surface area contributed by atoms with Crippen molar-refractivity contribution in [2.45, 2.75) is 25.7 Å². The molecule has 4 aromatic rings. The van der Waals surface area contributed by atoms with Crippen LogP contribution in [0.2, 0.25) is 5.02 Å². The Hall–Kier alpha value is -3.76. The fourth-order valence-corrected chi connectivity index (χ4v) is 5.50. The minimum atomic E-state index is -1.01. The van der Waals surface area contributed by atoms with Gasteiger partial charge in [-0.05, 0) is 77.9 Å². The van der Waals surface area contributed by atoms with Gasteiger partial charge in [-0.15, -0.1) is 0 Å². The summed E-state index contributed by atoms with van der Waals surface area (Å²) in [7, 11) is 1.67. The number of halogens is 1. The molecule has 1 aliphatic heterocycles. The standard InChI is InChI=1S/C30H27ClN2O2/c1-18-14-23(15-19(2)28(18)35-3)30(22-9-11-24(32)12-10-22)25-13-8-20(17-27(25)33-29(30)34)16-21-6-4-5-7-26(21)31/h4-15,17H,16,32H2,1-3H3,(H,33,34). The summed E-state index contributed by atoms with van der Waals surface area (Å²) in [6.45, 7) is 4.01. The molecule has 0 saturated heterocycles. The summed E-state index contributed by atoms with van der Waals surface area (Å²) in [5, 5.41) is 3.91. The fraction of sp³-hybridized carbons (Fsp3) is 0.167. The highest BCUT2D eigenvalue weighted by atomic mass is 35.5. The van der Waals surface area contributed by atoms with Gasteiger partial charge in [0, 0.05) is 22.0 Å². The molecule has 0 spiro atoms. The van der Waals surface area contributed by atoms with Gasteiger partial charge in [0.05, 0.1) is 7.11 Å². The van der Waals surface area contributed by atoms with Crippen LogP contribution < -0.4 is 15.8 Å². The highest BCUT2D eigenvalue weighted by Crippen LogP contribution is 2.49. The van der Waals surface area contributed by atoms with Gasteiger partial charge in [0.25, 0.3) is 0 Å². The monoisotopic (exact) mass is 482 g/mol. The predicted octanol–water partition coefficient (Wildman–Crippen LogP) is 6.42. The van der Waals surface area contributed by atoms with Crippen LogP contribution in [-0.4, -0.2) is 13.0 Å². The van der Waals surface area contributed by atoms with E-state index in [2.05, 4.69) is 35.6 Å². The second-order valence-corrected chi connectivity index (χ2v) is 9.52. The first-order valence-electron chi connectivity index (χ1n) is 11.5. The molecule has 0 fully saturated rings. The molecule has 3 N–H and O–H groups in total. The number of carbonyl (C=O) groups excluding carboxylic acids is 1. The van der Waals surface area contributed by atoms with Gasteiger partial charge in [-0.2, -0.15) is 0 Å². The molecule has 5 heteroatoms. The van der Waals surface area contributed by atoms with Gasteiger partial charge in [0.1, 0.15) is 11.2 Å². The smallest absolute Gasteiger partial charge is 0.244 e. The van der Waals surface area contributed by atoms with Crippen LogP contribution in [0.15, 0.2) is 78.9 Å². The maximum atomic E-state index is 13.9. The van der Waals surface area contributed by atoms with Crippen LogP contribution in [0.1, 0.15) is 38.9 Å². The largest absolute Gasteiger partial charge is 0.496 e. The molecule has 0 aromatic heterocycles. The Kier molecular flexibility index (Phi) is 5.78. The van der Waals surface area contributed by atoms with Crippen molar-refractivity contribution in [2.24, 2.45) is 0 Å². The molecule has 1 heterocycles. The third-order valence-electron chi connectivity index (χ3n) is 6.87. The number of benzene rings is 4. The Balaban J connectivity index is 1.70. The summed E-state index contributed by atoms with van der Waals surface area (Å²) in [6, 6.07) is 25.7. The van der Waals surface area contributed by atoms with E-state index in [-0.39, 0.29) is 5.91 Å². The number of methoxy groups -OCH3 is 1. The molecular formula is C30H27ClN2O2. The molecule has 0 saturated carbocycles. The number of nitrogens with two attached hydrogens (primary N) is 1. The Morgan fingerprint density at radius 1 is 0.914 bits per heavy atom. The zero-order valence-electron chi connectivity index (χ0n) is 20.0. The molecule has 0 radical (unpaired) electrons. The topological polar surface area (TPSA) is 64.3 Å². The van der Waals surface area contributed by atoms with Crippen LogP contribution >= 0.6 is 11.6 Å². The Bertz CT molecular complexity index is 1420. The lowest BCUT2D eigenvalue weighted by atomic mass is 9.69. The lowest BCUT2D eigenvalue weighted by Gasteiger charge is -2.30. The first-order valence-corrected chi connectivity index (χ1v) is 11.9. The summed E-state index contributed by atoms with van der Waals surface area (Å²) in [4.78, 5) is 13.9. The second-order valence-electron chi connectivity index (χ2n) is 9.12. The first kappa shape index (κ1) is 23.0. The highest BCUT2D eigenvalue weighted by Gasteiger charge is 2.50. The van der Waals surface area contributed by atoms with Crippen molar-refractivity contribution in [3.8, 4) is 5.75 Å². The van der Waals surface area contributed by atoms with Gasteiger partial charge < -0.3 is 15.8 Å². The van der Waals surface area contributed by atoms with Gasteiger partial charge in [0.15, 0.2) is 0 Å². The van der Waals surface area contributed by atoms with Crippen LogP contribution in [0.4, 0.5) is 11.4 Å². The van der Waals surface area contributed by atoms with E-state index in [0.717, 1.165) is 55.4 Å². The van der Waals surface area contributed by atoms with Crippen molar-refractivity contribution in [1.82, 2.24) is 0 Å². The lowest BCUT2D eigenvalue weighted by molar-refractivity contribution is -0.118. The number of anilines is 2. The second kappa shape index (κ2) is 8.79. The quantitative estimate of drug-likeness (QED) is 0.322. The number of rotatable bonds is 5. The summed E-state index contributed by atoms with van der Waals surface area (Å²) >= 11 is 6.40. The average Bonchev–Trinajstić information content (AvgIpc) is 3.12. The van der Waals surface area contributed by atoms with Gasteiger partial charge in [-0.1, -0.05) is 66.2 Å². The number of nitrogens with one attached hydrogen (secondary N) is 1. The number of hydrogen-bond acceptors (Lipinski definition) is 3. The number of carbonyl (C=O) groups is 1. The van der Waals surface area contributed by atoms with Crippen molar-refractivity contribution >= 4 is 28.9 Å². The third-order valence-corrected chi connectivity index (χ3v) is 7.24. The van der Waals surface area contributed by atoms with Crippen LogP contribution in [0.3, 0.4) is 0 Å². The Labute approximate surface area is 210 Å². The summed E-state index contributed by atoms with van der Waals surface area (Å²) < 4.78 is 5.60. The molecule has 1 amide bonds. The minimum Gasteiger partial charge on any atom is -0.496 e. The molecule has 176 valence electrons. The van der Waals surface area contributed by atoms with Crippen LogP contribution in [0.5, 0.6) is 5.75 Å². The summed E-state index contributed by atoms with van der Waals surface area (Å²) in [5.74, 6) is 0.742. The van der Waals surface area contributed by atoms with Crippen molar-refractivity contribution in [1.29, 1.82) is 0 Å². The fourth-order valence-electron chi connectivity index (χ4n) is 5.29. The number of hydrogen-bond donors (Lipinski definition) is 2. The van der Waals surface area contributed by atoms with E-state index in [4.69, 9.17) is 22.1 Å². The molecule has 0 bridgehead atoms. The molecule has 1 atom stereocenters. The first-order chi connectivity index (χ1) is 16.8. The predicted molar refractivity (Wildman–Crippen MR) is 143 cm³/mol. The van der Waals surface area contributed by atoms with Crippen LogP contribution in [-0.2, 0) is 16.6 Å². The van der Waals surface area contributed by atoms with Gasteiger partial charge in [-0.3, -0.25) is 4.79 Å². The maximum absolute atomic E-state index is 13.9. The molecule has 35 heavy (non-hydrogen) atoms. The number of aryl methyl sites for hydroxylation is 2. The summed E-state index contributed by atoms with van der Waals surface area (Å²) in [5.41, 5.74) is 13.2. The molecule has 4 nitrogen and oxygen atoms in total. The van der Waals surface area contributed by atoms with E-state index in [1.807, 2.05) is 62.4 Å². The third kappa shape index (κ3) is 3.75. The molecule has 5 rings (SSSR count). The van der Waals surface area contributed by atoms with E-state index in [1.165, 1.54) is 0 Å².